The van der Waals surface area contributed by atoms with Gasteiger partial charge < -0.3 is 303 Å². The molecule has 0 spiro atoms. The molecule has 139 heavy (non-hydrogen) atoms. The second-order valence-corrected chi connectivity index (χ2v) is 35.1. The van der Waals surface area contributed by atoms with Crippen LogP contribution in [0.1, 0.15) is 13.8 Å². The van der Waals surface area contributed by atoms with Crippen molar-refractivity contribution in [2.24, 2.45) is 0 Å². The highest BCUT2D eigenvalue weighted by atomic mass is 16.8. The Morgan fingerprint density at radius 1 is 0.187 bits per heavy atom. The SMILES string of the molecule is CC(=O)N[C@@H]1[C@@H](O)[C@H](O[C@@H]2O[C@H](CO)[C@@H](O[C@@H]3O[C@H](CO[C@H]4O[C@H](CO)[C@@H](O)[C@H](O)[C@@H]4O[C@H]4O[C@H](CO)[C@@H](O)[C@H](O)[C@@H]4O[C@H]4O[C@H](CO)[C@@H](O)[C@H](O)[C@@H]4O)[C@@H](O)[C@H](O[C@H]4O[C@H](CO)[C@@H](O)[C@H](O)[C@@H]4O[C@H]4O[C@H](CO)[C@@H](O)[C@H](O)[C@@H]4O[C@H]4O[C@H](CO)[C@@H](O)[C@H](O)[C@@H]4O[C@H]4O[C@H](CO)[C@@H](O)[C@H](O)[C@@H]4O[C@H]4O[C@H](CO)[C@@H](O)[C@H](O)[C@@H]4O[C@H]4O[C@H](CO)[C@@H](O)[C@H](O)[C@@H]4O)[C@@H]3O)[C@H](O)[C@H]2NC(C)=O)[C@@H](CO)O[C@H]1O. The molecule has 12 fully saturated rings. The van der Waals surface area contributed by atoms with Gasteiger partial charge in [-0.2, -0.15) is 0 Å². The zero-order valence-electron chi connectivity index (χ0n) is 73.4. The average Bonchev–Trinajstić information content (AvgIpc) is 0.765. The molecular formula is C76H128N2O61. The number of hydrogen-bond acceptors (Lipinski definition) is 61. The number of amides is 2. The van der Waals surface area contributed by atoms with Gasteiger partial charge in [0.05, 0.1) is 79.3 Å². The summed E-state index contributed by atoms with van der Waals surface area (Å²) in [6.45, 7) is -12.5. The van der Waals surface area contributed by atoms with Gasteiger partial charge in [0, 0.05) is 13.8 Å². The summed E-state index contributed by atoms with van der Waals surface area (Å²) in [6.07, 6.45) is -131. The summed E-state index contributed by atoms with van der Waals surface area (Å²) in [5, 5.41) is 408. The molecule has 0 aromatic heterocycles. The number of carbonyl (C=O) groups excluding carboxylic acids is 2. The van der Waals surface area contributed by atoms with E-state index in [2.05, 4.69) is 10.6 Å². The Morgan fingerprint density at radius 2 is 0.388 bits per heavy atom. The van der Waals surface area contributed by atoms with Gasteiger partial charge in [0.15, 0.2) is 75.5 Å². The molecule has 38 N–H and O–H groups in total. The summed E-state index contributed by atoms with van der Waals surface area (Å²) in [5.74, 6) is -1.84. The van der Waals surface area contributed by atoms with Gasteiger partial charge in [-0.25, -0.2) is 0 Å². The summed E-state index contributed by atoms with van der Waals surface area (Å²) in [7, 11) is 0. The van der Waals surface area contributed by atoms with Crippen LogP contribution in [0, 0.1) is 0 Å². The van der Waals surface area contributed by atoms with Crippen molar-refractivity contribution in [3.63, 3.8) is 0 Å². The van der Waals surface area contributed by atoms with E-state index in [-0.39, 0.29) is 0 Å². The van der Waals surface area contributed by atoms with Crippen LogP contribution in [-0.2, 0) is 119 Å². The van der Waals surface area contributed by atoms with Crippen LogP contribution in [0.3, 0.4) is 0 Å². The van der Waals surface area contributed by atoms with Crippen molar-refractivity contribution in [2.45, 2.75) is 382 Å². The van der Waals surface area contributed by atoms with Crippen LogP contribution in [0.4, 0.5) is 0 Å². The Labute approximate surface area is 784 Å². The number of ether oxygens (including phenoxy) is 23. The molecule has 12 saturated heterocycles. The summed E-state index contributed by atoms with van der Waals surface area (Å²) in [6, 6.07) is -3.73. The van der Waals surface area contributed by atoms with Gasteiger partial charge in [0.25, 0.3) is 0 Å². The highest BCUT2D eigenvalue weighted by molar-refractivity contribution is 5.73. The molecule has 63 heteroatoms. The molecule has 12 aliphatic heterocycles. The molecule has 12 aliphatic rings. The maximum absolute atomic E-state index is 13.2. The van der Waals surface area contributed by atoms with Gasteiger partial charge in [-0.1, -0.05) is 0 Å². The third-order valence-corrected chi connectivity index (χ3v) is 25.9. The molecule has 0 radical (unpaired) electrons. The number of rotatable bonds is 36. The Balaban J connectivity index is 0.881. The molecule has 0 bridgehead atoms. The van der Waals surface area contributed by atoms with Crippen LogP contribution in [0.15, 0.2) is 0 Å². The van der Waals surface area contributed by atoms with E-state index >= 15 is 0 Å². The van der Waals surface area contributed by atoms with Crippen LogP contribution in [0.2, 0.25) is 0 Å². The number of aliphatic hydroxyl groups is 36. The van der Waals surface area contributed by atoms with Crippen molar-refractivity contribution < 1.29 is 302 Å². The summed E-state index contributed by atoms with van der Waals surface area (Å²) in [5.41, 5.74) is 0. The lowest BCUT2D eigenvalue weighted by atomic mass is 9.94. The fraction of sp³-hybridized carbons (Fsp3) is 0.974. The van der Waals surface area contributed by atoms with Crippen molar-refractivity contribution in [2.75, 3.05) is 79.3 Å². The van der Waals surface area contributed by atoms with E-state index < -0.39 is 459 Å². The molecule has 0 aromatic carbocycles. The lowest BCUT2D eigenvalue weighted by Crippen LogP contribution is -2.70. The van der Waals surface area contributed by atoms with Gasteiger partial charge in [-0.15, -0.1) is 0 Å². The third-order valence-electron chi connectivity index (χ3n) is 25.9. The predicted octanol–water partition coefficient (Wildman–Crippen LogP) is -26.9. The molecule has 2 amide bonds. The first kappa shape index (κ1) is 114. The van der Waals surface area contributed by atoms with Crippen LogP contribution in [-0.4, -0.2) is 643 Å². The predicted molar refractivity (Wildman–Crippen MR) is 418 cm³/mol. The monoisotopic (exact) mass is 2040 g/mol. The topological polar surface area (TPSA) is 999 Å². The van der Waals surface area contributed by atoms with Gasteiger partial charge in [-0.05, 0) is 0 Å². The van der Waals surface area contributed by atoms with Gasteiger partial charge in [0.2, 0.25) is 11.8 Å². The Morgan fingerprint density at radius 3 is 0.676 bits per heavy atom. The van der Waals surface area contributed by atoms with Gasteiger partial charge in [0.1, 0.15) is 293 Å². The van der Waals surface area contributed by atoms with E-state index in [0.29, 0.717) is 0 Å². The van der Waals surface area contributed by atoms with E-state index in [9.17, 15) is 193 Å². The van der Waals surface area contributed by atoms with Crippen molar-refractivity contribution in [1.82, 2.24) is 10.6 Å². The van der Waals surface area contributed by atoms with Crippen LogP contribution >= 0.6 is 0 Å². The van der Waals surface area contributed by atoms with Crippen LogP contribution < -0.4 is 10.6 Å². The lowest BCUT2D eigenvalue weighted by molar-refractivity contribution is -0.421. The molecule has 12 rings (SSSR count). The first-order chi connectivity index (χ1) is 65.9. The van der Waals surface area contributed by atoms with Gasteiger partial charge >= 0.3 is 0 Å². The zero-order valence-corrected chi connectivity index (χ0v) is 73.4. The first-order valence-electron chi connectivity index (χ1n) is 44.2. The maximum Gasteiger partial charge on any atom is 0.217 e. The molecule has 60 atom stereocenters. The Hall–Kier alpha value is -3.42. The minimum Gasteiger partial charge on any atom is -0.394 e. The normalized spacial score (nSPS) is 51.9. The molecule has 0 saturated carbocycles. The van der Waals surface area contributed by atoms with Gasteiger partial charge in [-0.3, -0.25) is 9.59 Å². The Kier molecular flexibility index (Phi) is 41.0. The molecule has 63 nitrogen and oxygen atoms in total. The molecule has 0 aromatic rings. The molecule has 808 valence electrons. The van der Waals surface area contributed by atoms with E-state index in [0.717, 1.165) is 13.8 Å². The summed E-state index contributed by atoms with van der Waals surface area (Å²) in [4.78, 5) is 25.4. The molecule has 0 aliphatic carbocycles. The fourth-order valence-corrected chi connectivity index (χ4v) is 18.0. The fourth-order valence-electron chi connectivity index (χ4n) is 18.0. The number of hydrogen-bond donors (Lipinski definition) is 38. The second-order valence-electron chi connectivity index (χ2n) is 35.1. The van der Waals surface area contributed by atoms with E-state index in [4.69, 9.17) is 109 Å². The van der Waals surface area contributed by atoms with E-state index in [1.165, 1.54) is 0 Å². The van der Waals surface area contributed by atoms with Crippen molar-refractivity contribution >= 4 is 11.8 Å². The van der Waals surface area contributed by atoms with Crippen molar-refractivity contribution in [3.8, 4) is 0 Å². The van der Waals surface area contributed by atoms with E-state index in [1.54, 1.807) is 0 Å². The minimum absolute atomic E-state index is 0.832. The quantitative estimate of drug-likeness (QED) is 0.0277. The van der Waals surface area contributed by atoms with Crippen LogP contribution in [0.25, 0.3) is 0 Å². The zero-order chi connectivity index (χ0) is 102. The second kappa shape index (κ2) is 49.8. The van der Waals surface area contributed by atoms with Crippen molar-refractivity contribution in [3.05, 3.63) is 0 Å². The summed E-state index contributed by atoms with van der Waals surface area (Å²) >= 11 is 0. The summed E-state index contributed by atoms with van der Waals surface area (Å²) < 4.78 is 136. The minimum atomic E-state index is -2.74. The number of aliphatic hydroxyl groups excluding tert-OH is 36. The first-order valence-corrected chi connectivity index (χ1v) is 44.2. The molecular weight excluding hydrogens is 1920 g/mol. The lowest BCUT2D eigenvalue weighted by Gasteiger charge is -2.51. The Bertz CT molecular complexity index is 3730. The van der Waals surface area contributed by atoms with Crippen LogP contribution in [0.5, 0.6) is 0 Å². The molecule has 12 heterocycles. The maximum atomic E-state index is 13.2. The highest BCUT2D eigenvalue weighted by Crippen LogP contribution is 2.43. The number of nitrogens with one attached hydrogen (secondary N) is 2. The third kappa shape index (κ3) is 24.4. The standard InChI is InChI=1S/C76H128N2O61/c1-15(90)77-29-41(102)55(26(12-88)118-65(29)116)130-66-30(78-16(2)91)42(103)56(27(13-89)128-66)131-69-54(115)57(40(101)28(129-69)14-117-70-58(45(106)33(94)19(5-81)121-70)135-72-59(46(107)34(95)21(7-83)123-72)133-67-52(113)43(104)31(92)17(3-79)119-67)132-71-61(48(109)36(97)20(6-82)122-71)136-74-63(50(111)38(99)23(9-85)125-74)138-76-64(51(112)39(100)25(11-87)127-76)139-75-62(49(110)37(98)24(10-86)126-75)137-73-60(47(108)35(96)22(8-84)124-73)134-68-53(114)44(105)32(93)18(4-80)120-68/h17-76,79-89,92-116H,3-14H2,1-2H3,(H,77,90)(H,78,91)/t17-,18-,19-,20-,21-,22-,23-,24-,25-,26-,27-,28-,29-,30-,31-,32-,33-,34-,35-,36-,37-,38-,39-,40-,41-,42-,43+,44+,45+,46+,47+,48+,49+,50+,51+,52+,53+,54+,55-,56-,57+,58+,59+,60+,61+,62+,63+,64+,65-,66+,67-,68-,69+,70+,71-,72-,73-,74-,75-,76-/m1/s1. The average molecular weight is 2050 g/mol. The number of carbonyl (C=O) groups is 2. The van der Waals surface area contributed by atoms with E-state index in [1.807, 2.05) is 0 Å². The smallest absolute Gasteiger partial charge is 0.217 e. The molecule has 0 unspecified atom stereocenters. The largest absolute Gasteiger partial charge is 0.394 e. The highest BCUT2D eigenvalue weighted by Gasteiger charge is 2.64. The van der Waals surface area contributed by atoms with Crippen molar-refractivity contribution in [1.29, 1.82) is 0 Å².